The Hall–Kier alpha value is -2.54. The number of aromatic amines is 1. The topological polar surface area (TPSA) is 52.7 Å². The highest BCUT2D eigenvalue weighted by molar-refractivity contribution is 5.87. The van der Waals surface area contributed by atoms with Crippen molar-refractivity contribution in [1.82, 2.24) is 15.3 Å². The minimum Gasteiger partial charge on any atom is -0.361 e. The van der Waals surface area contributed by atoms with Crippen molar-refractivity contribution in [3.05, 3.63) is 53.9 Å². The maximum Gasteiger partial charge on any atom is 0.433 e. The van der Waals surface area contributed by atoms with Crippen molar-refractivity contribution >= 4 is 22.4 Å². The average molecular weight is 360 g/mol. The summed E-state index contributed by atoms with van der Waals surface area (Å²) in [6, 6.07) is 9.63. The molecule has 0 bridgehead atoms. The smallest absolute Gasteiger partial charge is 0.361 e. The van der Waals surface area contributed by atoms with Crippen LogP contribution in [-0.2, 0) is 6.18 Å². The van der Waals surface area contributed by atoms with Gasteiger partial charge in [0.15, 0.2) is 0 Å². The number of halogens is 3. The molecule has 0 atom stereocenters. The Morgan fingerprint density at radius 1 is 1.08 bits per heavy atom. The molecule has 4 nitrogen and oxygen atoms in total. The third-order valence-electron chi connectivity index (χ3n) is 4.80. The highest BCUT2D eigenvalue weighted by atomic mass is 19.4. The molecule has 0 amide bonds. The highest BCUT2D eigenvalue weighted by Gasteiger charge is 2.32. The van der Waals surface area contributed by atoms with Gasteiger partial charge in [0, 0.05) is 22.8 Å². The number of benzene rings is 1. The lowest BCUT2D eigenvalue weighted by atomic mass is 9.90. The summed E-state index contributed by atoms with van der Waals surface area (Å²) < 4.78 is 38.4. The Labute approximate surface area is 148 Å². The molecule has 0 spiro atoms. The summed E-state index contributed by atoms with van der Waals surface area (Å²) in [6.45, 7) is 2.05. The van der Waals surface area contributed by atoms with Gasteiger partial charge in [0.25, 0.3) is 0 Å². The van der Waals surface area contributed by atoms with Crippen molar-refractivity contribution in [2.24, 2.45) is 0 Å². The van der Waals surface area contributed by atoms with E-state index in [0.29, 0.717) is 11.6 Å². The van der Waals surface area contributed by atoms with Gasteiger partial charge >= 0.3 is 6.18 Å². The summed E-state index contributed by atoms with van der Waals surface area (Å²) in [5.74, 6) is 0.707. The van der Waals surface area contributed by atoms with Crippen molar-refractivity contribution in [1.29, 1.82) is 0 Å². The van der Waals surface area contributed by atoms with Crippen molar-refractivity contribution in [2.75, 3.05) is 18.4 Å². The Morgan fingerprint density at radius 2 is 1.88 bits per heavy atom. The van der Waals surface area contributed by atoms with E-state index >= 15 is 0 Å². The third-order valence-corrected chi connectivity index (χ3v) is 4.80. The molecule has 3 N–H and O–H groups in total. The minimum absolute atomic E-state index is 0.171. The van der Waals surface area contributed by atoms with Crippen LogP contribution in [0.3, 0.4) is 0 Å². The molecule has 1 saturated heterocycles. The zero-order valence-electron chi connectivity index (χ0n) is 14.0. The SMILES string of the molecule is FC(F)(F)c1cccc(Nc2ccc3c(C4CCNCC4)c[nH]c3c2)n1. The fourth-order valence-corrected chi connectivity index (χ4v) is 3.51. The van der Waals surface area contributed by atoms with E-state index in [1.54, 1.807) is 0 Å². The van der Waals surface area contributed by atoms with Gasteiger partial charge in [0.1, 0.15) is 11.5 Å². The molecule has 3 aromatic rings. The summed E-state index contributed by atoms with van der Waals surface area (Å²) in [5.41, 5.74) is 2.07. The Morgan fingerprint density at radius 3 is 2.65 bits per heavy atom. The third kappa shape index (κ3) is 3.39. The van der Waals surface area contributed by atoms with Crippen LogP contribution in [-0.4, -0.2) is 23.1 Å². The Bertz CT molecular complexity index is 911. The molecular weight excluding hydrogens is 341 g/mol. The van der Waals surface area contributed by atoms with Gasteiger partial charge in [0.05, 0.1) is 0 Å². The van der Waals surface area contributed by atoms with Gasteiger partial charge in [-0.15, -0.1) is 0 Å². The summed E-state index contributed by atoms with van der Waals surface area (Å²) in [5, 5.41) is 7.49. The van der Waals surface area contributed by atoms with Gasteiger partial charge in [-0.3, -0.25) is 0 Å². The molecule has 3 heterocycles. The van der Waals surface area contributed by atoms with E-state index in [1.165, 1.54) is 23.1 Å². The lowest BCUT2D eigenvalue weighted by Crippen LogP contribution is -2.26. The van der Waals surface area contributed by atoms with Crippen LogP contribution in [0, 0.1) is 0 Å². The molecule has 2 aromatic heterocycles. The zero-order chi connectivity index (χ0) is 18.1. The molecule has 0 saturated carbocycles. The van der Waals surface area contributed by atoms with Gasteiger partial charge in [-0.05, 0) is 61.7 Å². The van der Waals surface area contributed by atoms with Crippen LogP contribution in [0.5, 0.6) is 0 Å². The van der Waals surface area contributed by atoms with Crippen molar-refractivity contribution in [3.63, 3.8) is 0 Å². The van der Waals surface area contributed by atoms with Crippen LogP contribution in [0.15, 0.2) is 42.6 Å². The molecule has 0 unspecified atom stereocenters. The standard InChI is InChI=1S/C19H19F3N4/c20-19(21,22)17-2-1-3-18(26-17)25-13-4-5-14-15(11-24-16(14)10-13)12-6-8-23-9-7-12/h1-5,10-12,23-24H,6-9H2,(H,25,26). The molecule has 0 aliphatic carbocycles. The van der Waals surface area contributed by atoms with Crippen molar-refractivity contribution in [2.45, 2.75) is 24.9 Å². The number of alkyl halides is 3. The molecule has 0 radical (unpaired) electrons. The van der Waals surface area contributed by atoms with E-state index in [4.69, 9.17) is 0 Å². The highest BCUT2D eigenvalue weighted by Crippen LogP contribution is 2.33. The van der Waals surface area contributed by atoms with Crippen LogP contribution in [0.4, 0.5) is 24.7 Å². The number of hydrogen-bond acceptors (Lipinski definition) is 3. The predicted molar refractivity (Wildman–Crippen MR) is 95.7 cm³/mol. The van der Waals surface area contributed by atoms with Gasteiger partial charge in [-0.25, -0.2) is 4.98 Å². The molecule has 4 rings (SSSR count). The number of rotatable bonds is 3. The quantitative estimate of drug-likeness (QED) is 0.629. The Kier molecular flexibility index (Phi) is 4.32. The van der Waals surface area contributed by atoms with Crippen molar-refractivity contribution < 1.29 is 13.2 Å². The molecule has 7 heteroatoms. The van der Waals surface area contributed by atoms with Crippen LogP contribution < -0.4 is 10.6 Å². The molecule has 26 heavy (non-hydrogen) atoms. The van der Waals surface area contributed by atoms with Crippen LogP contribution in [0.2, 0.25) is 0 Å². The molecule has 136 valence electrons. The molecule has 1 aliphatic heterocycles. The number of pyridine rings is 1. The van der Waals surface area contributed by atoms with E-state index in [2.05, 4.69) is 20.6 Å². The summed E-state index contributed by atoms with van der Waals surface area (Å²) in [4.78, 5) is 6.93. The number of fused-ring (bicyclic) bond motifs is 1. The molecule has 1 aliphatic rings. The second-order valence-corrected chi connectivity index (χ2v) is 6.56. The zero-order valence-corrected chi connectivity index (χ0v) is 14.0. The second kappa shape index (κ2) is 6.64. The van der Waals surface area contributed by atoms with Crippen molar-refractivity contribution in [3.8, 4) is 0 Å². The van der Waals surface area contributed by atoms with Gasteiger partial charge in [-0.2, -0.15) is 13.2 Å². The Balaban J connectivity index is 1.58. The maximum atomic E-state index is 12.8. The van der Waals surface area contributed by atoms with Gasteiger partial charge in [0.2, 0.25) is 0 Å². The minimum atomic E-state index is -4.45. The number of nitrogens with one attached hydrogen (secondary N) is 3. The maximum absolute atomic E-state index is 12.8. The number of aromatic nitrogens is 2. The fraction of sp³-hybridized carbons (Fsp3) is 0.316. The predicted octanol–water partition coefficient (Wildman–Crippen LogP) is 4.79. The van der Waals surface area contributed by atoms with E-state index in [-0.39, 0.29) is 5.82 Å². The summed E-state index contributed by atoms with van der Waals surface area (Å²) in [7, 11) is 0. The van der Waals surface area contributed by atoms with Crippen LogP contribution in [0.25, 0.3) is 10.9 Å². The van der Waals surface area contributed by atoms with Gasteiger partial charge < -0.3 is 15.6 Å². The molecular formula is C19H19F3N4. The number of piperidine rings is 1. The number of nitrogens with zero attached hydrogens (tertiary/aromatic N) is 1. The number of anilines is 2. The van der Waals surface area contributed by atoms with Crippen LogP contribution >= 0.6 is 0 Å². The monoisotopic (exact) mass is 360 g/mol. The van der Waals surface area contributed by atoms with E-state index < -0.39 is 11.9 Å². The normalized spacial score (nSPS) is 16.1. The summed E-state index contributed by atoms with van der Waals surface area (Å²) >= 11 is 0. The first kappa shape index (κ1) is 16.9. The molecule has 1 fully saturated rings. The first-order chi connectivity index (χ1) is 12.5. The lowest BCUT2D eigenvalue weighted by molar-refractivity contribution is -0.141. The summed E-state index contributed by atoms with van der Waals surface area (Å²) in [6.07, 6.45) is -0.181. The first-order valence-corrected chi connectivity index (χ1v) is 8.64. The molecule has 1 aromatic carbocycles. The number of H-pyrrole nitrogens is 1. The first-order valence-electron chi connectivity index (χ1n) is 8.64. The van der Waals surface area contributed by atoms with Crippen LogP contribution in [0.1, 0.15) is 30.0 Å². The largest absolute Gasteiger partial charge is 0.433 e. The van der Waals surface area contributed by atoms with E-state index in [0.717, 1.165) is 37.5 Å². The van der Waals surface area contributed by atoms with Gasteiger partial charge in [-0.1, -0.05) is 12.1 Å². The lowest BCUT2D eigenvalue weighted by Gasteiger charge is -2.22. The van der Waals surface area contributed by atoms with E-state index in [9.17, 15) is 13.2 Å². The average Bonchev–Trinajstić information content (AvgIpc) is 3.05. The fourth-order valence-electron chi connectivity index (χ4n) is 3.51. The second-order valence-electron chi connectivity index (χ2n) is 6.56. The number of hydrogen-bond donors (Lipinski definition) is 3. The van der Waals surface area contributed by atoms with E-state index in [1.807, 2.05) is 24.4 Å².